The van der Waals surface area contributed by atoms with E-state index in [1.54, 1.807) is 31.4 Å². The van der Waals surface area contributed by atoms with Crippen molar-refractivity contribution in [2.24, 2.45) is 7.05 Å². The van der Waals surface area contributed by atoms with Crippen LogP contribution in [0.1, 0.15) is 0 Å². The summed E-state index contributed by atoms with van der Waals surface area (Å²) in [7, 11) is 1.70. The Morgan fingerprint density at radius 2 is 2.08 bits per heavy atom. The standard InChI is InChI=1S/C10H9NO2/c1-11-5-4-7-6-8(12)2-3-9(7)10(11)13/h2-6,12H,1H3. The van der Waals surface area contributed by atoms with Crippen LogP contribution in [0.5, 0.6) is 5.75 Å². The van der Waals surface area contributed by atoms with Gasteiger partial charge in [-0.25, -0.2) is 0 Å². The Hall–Kier alpha value is -1.77. The van der Waals surface area contributed by atoms with Gasteiger partial charge in [-0.1, -0.05) is 0 Å². The van der Waals surface area contributed by atoms with Crippen LogP contribution in [-0.2, 0) is 7.05 Å². The average molecular weight is 175 g/mol. The molecule has 0 fully saturated rings. The van der Waals surface area contributed by atoms with Crippen molar-refractivity contribution in [3.63, 3.8) is 0 Å². The molecule has 1 heterocycles. The van der Waals surface area contributed by atoms with E-state index in [1.165, 1.54) is 10.6 Å². The fourth-order valence-electron chi connectivity index (χ4n) is 1.33. The van der Waals surface area contributed by atoms with Gasteiger partial charge in [-0.15, -0.1) is 0 Å². The molecule has 0 atom stereocenters. The van der Waals surface area contributed by atoms with Gasteiger partial charge in [0, 0.05) is 18.6 Å². The number of nitrogens with zero attached hydrogens (tertiary/aromatic N) is 1. The van der Waals surface area contributed by atoms with Gasteiger partial charge in [0.15, 0.2) is 0 Å². The van der Waals surface area contributed by atoms with Crippen LogP contribution < -0.4 is 5.56 Å². The Kier molecular flexibility index (Phi) is 1.59. The second-order valence-electron chi connectivity index (χ2n) is 3.00. The van der Waals surface area contributed by atoms with E-state index in [1.807, 2.05) is 0 Å². The summed E-state index contributed by atoms with van der Waals surface area (Å²) in [4.78, 5) is 11.5. The van der Waals surface area contributed by atoms with Gasteiger partial charge in [0.25, 0.3) is 5.56 Å². The van der Waals surface area contributed by atoms with Crippen LogP contribution in [0.2, 0.25) is 0 Å². The smallest absolute Gasteiger partial charge is 0.258 e. The van der Waals surface area contributed by atoms with Crippen molar-refractivity contribution in [1.29, 1.82) is 0 Å². The summed E-state index contributed by atoms with van der Waals surface area (Å²) in [5, 5.41) is 10.6. The van der Waals surface area contributed by atoms with Gasteiger partial charge in [0.1, 0.15) is 5.75 Å². The molecule has 0 unspecified atom stereocenters. The van der Waals surface area contributed by atoms with E-state index in [-0.39, 0.29) is 11.3 Å². The maximum atomic E-state index is 11.5. The zero-order valence-electron chi connectivity index (χ0n) is 7.19. The third-order valence-corrected chi connectivity index (χ3v) is 2.06. The molecule has 0 radical (unpaired) electrons. The first-order valence-electron chi connectivity index (χ1n) is 3.97. The lowest BCUT2D eigenvalue weighted by Crippen LogP contribution is -2.15. The molecule has 1 aromatic heterocycles. The van der Waals surface area contributed by atoms with Gasteiger partial charge in [0.05, 0.1) is 0 Å². The first-order valence-corrected chi connectivity index (χ1v) is 3.97. The zero-order valence-corrected chi connectivity index (χ0v) is 7.19. The van der Waals surface area contributed by atoms with E-state index in [0.717, 1.165) is 5.39 Å². The van der Waals surface area contributed by atoms with Crippen LogP contribution in [-0.4, -0.2) is 9.67 Å². The van der Waals surface area contributed by atoms with Gasteiger partial charge < -0.3 is 9.67 Å². The number of pyridine rings is 1. The van der Waals surface area contributed by atoms with Gasteiger partial charge in [-0.3, -0.25) is 4.79 Å². The highest BCUT2D eigenvalue weighted by atomic mass is 16.3. The van der Waals surface area contributed by atoms with E-state index in [4.69, 9.17) is 0 Å². The van der Waals surface area contributed by atoms with Gasteiger partial charge >= 0.3 is 0 Å². The minimum atomic E-state index is -0.0440. The SMILES string of the molecule is Cn1ccc2cc(O)ccc2c1=O. The summed E-state index contributed by atoms with van der Waals surface area (Å²) in [5.74, 6) is 0.181. The summed E-state index contributed by atoms with van der Waals surface area (Å²) in [6.45, 7) is 0. The van der Waals surface area contributed by atoms with Crippen LogP contribution >= 0.6 is 0 Å². The Morgan fingerprint density at radius 1 is 1.31 bits per heavy atom. The van der Waals surface area contributed by atoms with Crippen LogP contribution in [0.15, 0.2) is 35.3 Å². The highest BCUT2D eigenvalue weighted by Gasteiger charge is 1.99. The molecule has 0 aliphatic carbocycles. The van der Waals surface area contributed by atoms with Gasteiger partial charge in [0.2, 0.25) is 0 Å². The molecule has 1 aromatic carbocycles. The van der Waals surface area contributed by atoms with Crippen molar-refractivity contribution in [3.8, 4) is 5.75 Å². The highest BCUT2D eigenvalue weighted by molar-refractivity contribution is 5.82. The second kappa shape index (κ2) is 2.62. The third-order valence-electron chi connectivity index (χ3n) is 2.06. The second-order valence-corrected chi connectivity index (χ2v) is 3.00. The summed E-state index contributed by atoms with van der Waals surface area (Å²) in [6.07, 6.45) is 1.68. The molecule has 0 amide bonds. The van der Waals surface area contributed by atoms with Gasteiger partial charge in [-0.05, 0) is 29.7 Å². The minimum Gasteiger partial charge on any atom is -0.508 e. The van der Waals surface area contributed by atoms with E-state index in [2.05, 4.69) is 0 Å². The normalized spacial score (nSPS) is 10.5. The number of phenolic OH excluding ortho intramolecular Hbond substituents is 1. The quantitative estimate of drug-likeness (QED) is 0.654. The minimum absolute atomic E-state index is 0.0440. The first-order chi connectivity index (χ1) is 6.18. The molecule has 3 nitrogen and oxygen atoms in total. The Labute approximate surface area is 74.9 Å². The summed E-state index contributed by atoms with van der Waals surface area (Å²) >= 11 is 0. The van der Waals surface area contributed by atoms with Gasteiger partial charge in [-0.2, -0.15) is 0 Å². The number of fused-ring (bicyclic) bond motifs is 1. The Morgan fingerprint density at radius 3 is 2.85 bits per heavy atom. The maximum absolute atomic E-state index is 11.5. The molecule has 0 bridgehead atoms. The van der Waals surface area contributed by atoms with Crippen molar-refractivity contribution >= 4 is 10.8 Å². The molecule has 0 aliphatic rings. The molecule has 3 heteroatoms. The number of hydrogen-bond donors (Lipinski definition) is 1. The summed E-state index contributed by atoms with van der Waals surface area (Å²) in [6, 6.07) is 6.53. The number of aromatic nitrogens is 1. The molecule has 2 rings (SSSR count). The van der Waals surface area contributed by atoms with Crippen LogP contribution in [0.25, 0.3) is 10.8 Å². The lowest BCUT2D eigenvalue weighted by molar-refractivity contribution is 0.476. The van der Waals surface area contributed by atoms with Crippen LogP contribution in [0, 0.1) is 0 Å². The zero-order chi connectivity index (χ0) is 9.42. The third kappa shape index (κ3) is 1.18. The highest BCUT2D eigenvalue weighted by Crippen LogP contribution is 2.15. The van der Waals surface area contributed by atoms with Crippen molar-refractivity contribution in [2.45, 2.75) is 0 Å². The molecule has 0 spiro atoms. The fraction of sp³-hybridized carbons (Fsp3) is 0.100. The van der Waals surface area contributed by atoms with Crippen molar-refractivity contribution in [3.05, 3.63) is 40.8 Å². The average Bonchev–Trinajstić information content (AvgIpc) is 2.12. The number of phenols is 1. The first kappa shape index (κ1) is 7.86. The molecule has 0 aliphatic heterocycles. The maximum Gasteiger partial charge on any atom is 0.258 e. The fourth-order valence-corrected chi connectivity index (χ4v) is 1.33. The number of benzene rings is 1. The van der Waals surface area contributed by atoms with Crippen molar-refractivity contribution in [2.75, 3.05) is 0 Å². The van der Waals surface area contributed by atoms with Crippen molar-refractivity contribution < 1.29 is 5.11 Å². The largest absolute Gasteiger partial charge is 0.508 e. The lowest BCUT2D eigenvalue weighted by atomic mass is 10.1. The van der Waals surface area contributed by atoms with E-state index in [0.29, 0.717) is 5.39 Å². The monoisotopic (exact) mass is 175 g/mol. The van der Waals surface area contributed by atoms with Crippen LogP contribution in [0.3, 0.4) is 0 Å². The van der Waals surface area contributed by atoms with E-state index >= 15 is 0 Å². The predicted octanol–water partition coefficient (Wildman–Crippen LogP) is 1.24. The number of hydrogen-bond acceptors (Lipinski definition) is 2. The number of aryl methyl sites for hydroxylation is 1. The molecule has 13 heavy (non-hydrogen) atoms. The number of rotatable bonds is 0. The Balaban J connectivity index is 2.95. The molecular formula is C10H9NO2. The topological polar surface area (TPSA) is 42.2 Å². The molecule has 1 N–H and O–H groups in total. The molecule has 2 aromatic rings. The van der Waals surface area contributed by atoms with E-state index in [9.17, 15) is 9.90 Å². The Bertz CT molecular complexity index is 514. The molecule has 0 saturated carbocycles. The van der Waals surface area contributed by atoms with E-state index < -0.39 is 0 Å². The summed E-state index contributed by atoms with van der Waals surface area (Å²) < 4.78 is 1.51. The number of aromatic hydroxyl groups is 1. The lowest BCUT2D eigenvalue weighted by Gasteiger charge is -2.00. The molecule has 0 saturated heterocycles. The predicted molar refractivity (Wildman–Crippen MR) is 50.9 cm³/mol. The molecular weight excluding hydrogens is 166 g/mol. The summed E-state index contributed by atoms with van der Waals surface area (Å²) in [5.41, 5.74) is -0.0440. The molecule has 66 valence electrons. The van der Waals surface area contributed by atoms with Crippen molar-refractivity contribution in [1.82, 2.24) is 4.57 Å². The van der Waals surface area contributed by atoms with Crippen LogP contribution in [0.4, 0.5) is 0 Å².